The first kappa shape index (κ1) is 20.4. The first-order valence-electron chi connectivity index (χ1n) is 8.07. The van der Waals surface area contributed by atoms with E-state index in [-0.39, 0.29) is 17.2 Å². The maximum atomic E-state index is 14.0. The highest BCUT2D eigenvalue weighted by Gasteiger charge is 2.19. The number of carbonyl (C=O) groups is 1. The Morgan fingerprint density at radius 3 is 2.28 bits per heavy atom. The van der Waals surface area contributed by atoms with E-state index in [1.54, 1.807) is 20.2 Å². The van der Waals surface area contributed by atoms with Crippen molar-refractivity contribution in [2.45, 2.75) is 33.6 Å². The van der Waals surface area contributed by atoms with Crippen LogP contribution in [0.1, 0.15) is 44.7 Å². The molecule has 0 atom stereocenters. The summed E-state index contributed by atoms with van der Waals surface area (Å²) in [6.07, 6.45) is 4.81. The molecule has 0 aliphatic rings. The quantitative estimate of drug-likeness (QED) is 0.689. The molecule has 0 bridgehead atoms. The summed E-state index contributed by atoms with van der Waals surface area (Å²) in [5.41, 5.74) is 0.574. The van der Waals surface area contributed by atoms with Crippen molar-refractivity contribution in [1.29, 1.82) is 0 Å². The van der Waals surface area contributed by atoms with Crippen LogP contribution >= 0.6 is 0 Å². The van der Waals surface area contributed by atoms with E-state index >= 15 is 0 Å². The molecule has 0 aromatic heterocycles. The second-order valence-corrected chi connectivity index (χ2v) is 5.72. The Balaban J connectivity index is 0.00000151. The molecule has 0 heterocycles. The highest BCUT2D eigenvalue weighted by molar-refractivity contribution is 5.93. The van der Waals surface area contributed by atoms with Gasteiger partial charge in [0, 0.05) is 19.5 Å². The first-order chi connectivity index (χ1) is 11.8. The molecule has 0 spiro atoms. The van der Waals surface area contributed by atoms with Crippen molar-refractivity contribution < 1.29 is 18.3 Å². The lowest BCUT2D eigenvalue weighted by atomic mass is 9.92. The maximum absolute atomic E-state index is 14.0. The van der Waals surface area contributed by atoms with Crippen molar-refractivity contribution in [1.82, 2.24) is 4.90 Å². The zero-order valence-corrected chi connectivity index (χ0v) is 15.4. The molecule has 2 rings (SSSR count). The van der Waals surface area contributed by atoms with Crippen LogP contribution in [-0.2, 0) is 0 Å². The van der Waals surface area contributed by atoms with Crippen molar-refractivity contribution >= 4 is 16.9 Å². The number of fused-ring (bicyclic) bond motifs is 1. The molecular weight excluding hydrogens is 324 g/mol. The van der Waals surface area contributed by atoms with E-state index in [0.717, 1.165) is 6.07 Å². The lowest BCUT2D eigenvalue weighted by Crippen LogP contribution is -2.25. The molecule has 2 aromatic rings. The number of terminal acetylenes is 1. The van der Waals surface area contributed by atoms with Gasteiger partial charge < -0.3 is 9.64 Å². The Labute approximate surface area is 147 Å². The van der Waals surface area contributed by atoms with E-state index in [9.17, 15) is 13.6 Å². The second-order valence-electron chi connectivity index (χ2n) is 5.72. The summed E-state index contributed by atoms with van der Waals surface area (Å²) in [6, 6.07) is 4.17. The summed E-state index contributed by atoms with van der Waals surface area (Å²) < 4.78 is 33.0. The third-order valence-corrected chi connectivity index (χ3v) is 3.47. The monoisotopic (exact) mass is 347 g/mol. The van der Waals surface area contributed by atoms with Gasteiger partial charge in [0.15, 0.2) is 11.6 Å². The van der Waals surface area contributed by atoms with E-state index in [1.807, 2.05) is 27.7 Å². The largest absolute Gasteiger partial charge is 0.414 e. The molecule has 0 radical (unpaired) electrons. The Hall–Kier alpha value is -2.61. The van der Waals surface area contributed by atoms with Crippen molar-refractivity contribution in [2.75, 3.05) is 14.1 Å². The molecule has 134 valence electrons. The van der Waals surface area contributed by atoms with Crippen LogP contribution in [0.5, 0.6) is 5.75 Å². The normalized spacial score (nSPS) is 10.1. The highest BCUT2D eigenvalue weighted by Crippen LogP contribution is 2.34. The van der Waals surface area contributed by atoms with Gasteiger partial charge in [-0.3, -0.25) is 0 Å². The molecule has 0 fully saturated rings. The van der Waals surface area contributed by atoms with Gasteiger partial charge in [0.2, 0.25) is 0 Å². The molecule has 2 aromatic carbocycles. The zero-order valence-electron chi connectivity index (χ0n) is 15.4. The van der Waals surface area contributed by atoms with Gasteiger partial charge in [0.25, 0.3) is 0 Å². The van der Waals surface area contributed by atoms with Crippen molar-refractivity contribution in [3.8, 4) is 18.1 Å². The van der Waals surface area contributed by atoms with Crippen LogP contribution in [0, 0.1) is 24.0 Å². The fraction of sp³-hybridized carbons (Fsp3) is 0.350. The first-order valence-corrected chi connectivity index (χ1v) is 8.07. The molecule has 0 saturated heterocycles. The molecule has 3 nitrogen and oxygen atoms in total. The summed E-state index contributed by atoms with van der Waals surface area (Å²) in [4.78, 5) is 13.0. The number of ether oxygens (including phenoxy) is 1. The number of rotatable bonds is 2. The fourth-order valence-corrected chi connectivity index (χ4v) is 2.33. The number of nitrogens with zero attached hydrogens (tertiary/aromatic N) is 1. The van der Waals surface area contributed by atoms with E-state index in [4.69, 9.17) is 11.2 Å². The van der Waals surface area contributed by atoms with Gasteiger partial charge in [-0.2, -0.15) is 0 Å². The Morgan fingerprint density at radius 1 is 1.20 bits per heavy atom. The van der Waals surface area contributed by atoms with E-state index < -0.39 is 17.7 Å². The molecular formula is C20H23F2NO2. The maximum Gasteiger partial charge on any atom is 0.414 e. The van der Waals surface area contributed by atoms with E-state index in [1.165, 1.54) is 11.0 Å². The molecule has 25 heavy (non-hydrogen) atoms. The Bertz CT molecular complexity index is 821. The Kier molecular flexibility index (Phi) is 6.93. The number of carbonyl (C=O) groups excluding carboxylic acids is 1. The molecule has 0 unspecified atom stereocenters. The molecule has 5 heteroatoms. The third-order valence-electron chi connectivity index (χ3n) is 3.47. The van der Waals surface area contributed by atoms with Crippen LogP contribution in [0.4, 0.5) is 13.6 Å². The van der Waals surface area contributed by atoms with Gasteiger partial charge in [0.1, 0.15) is 5.75 Å². The van der Waals surface area contributed by atoms with Gasteiger partial charge in [0.05, 0.1) is 5.56 Å². The molecule has 0 saturated carbocycles. The van der Waals surface area contributed by atoms with Crippen LogP contribution in [0.25, 0.3) is 10.8 Å². The molecule has 0 N–H and O–H groups in total. The van der Waals surface area contributed by atoms with E-state index in [0.29, 0.717) is 16.3 Å². The lowest BCUT2D eigenvalue weighted by Gasteiger charge is -2.16. The van der Waals surface area contributed by atoms with Gasteiger partial charge in [-0.15, -0.1) is 6.42 Å². The summed E-state index contributed by atoms with van der Waals surface area (Å²) in [6.45, 7) is 7.79. The van der Waals surface area contributed by atoms with Gasteiger partial charge in [-0.25, -0.2) is 13.6 Å². The minimum atomic E-state index is -1.04. The Morgan fingerprint density at radius 2 is 1.80 bits per heavy atom. The minimum absolute atomic E-state index is 0.0209. The van der Waals surface area contributed by atoms with Crippen molar-refractivity contribution in [2.24, 2.45) is 0 Å². The summed E-state index contributed by atoms with van der Waals surface area (Å²) in [5.74, 6) is 0.386. The molecule has 1 amide bonds. The molecule has 0 aliphatic heterocycles. The van der Waals surface area contributed by atoms with Crippen LogP contribution < -0.4 is 4.74 Å². The topological polar surface area (TPSA) is 29.5 Å². The van der Waals surface area contributed by atoms with Crippen molar-refractivity contribution in [3.63, 3.8) is 0 Å². The lowest BCUT2D eigenvalue weighted by molar-refractivity contribution is 0.172. The summed E-state index contributed by atoms with van der Waals surface area (Å²) >= 11 is 0. The third kappa shape index (κ3) is 4.27. The van der Waals surface area contributed by atoms with Crippen LogP contribution in [-0.4, -0.2) is 25.1 Å². The van der Waals surface area contributed by atoms with Crippen LogP contribution in [0.3, 0.4) is 0 Å². The number of amides is 1. The van der Waals surface area contributed by atoms with E-state index in [2.05, 4.69) is 5.92 Å². The smallest absolute Gasteiger partial charge is 0.410 e. The average Bonchev–Trinajstić information content (AvgIpc) is 2.57. The molecule has 0 aliphatic carbocycles. The predicted molar refractivity (Wildman–Crippen MR) is 96.9 cm³/mol. The number of hydrogen-bond acceptors (Lipinski definition) is 2. The van der Waals surface area contributed by atoms with Gasteiger partial charge in [-0.1, -0.05) is 33.6 Å². The second kappa shape index (κ2) is 8.48. The van der Waals surface area contributed by atoms with Gasteiger partial charge >= 0.3 is 6.09 Å². The van der Waals surface area contributed by atoms with Crippen LogP contribution in [0.2, 0.25) is 0 Å². The fourth-order valence-electron chi connectivity index (χ4n) is 2.33. The average molecular weight is 347 g/mol. The predicted octanol–water partition coefficient (Wildman–Crippen LogP) is 5.31. The number of halogens is 2. The number of benzene rings is 2. The summed E-state index contributed by atoms with van der Waals surface area (Å²) in [5, 5.41) is 0.857. The van der Waals surface area contributed by atoms with Crippen LogP contribution in [0.15, 0.2) is 18.2 Å². The zero-order chi connectivity index (χ0) is 19.3. The number of hydrogen-bond donors (Lipinski definition) is 0. The minimum Gasteiger partial charge on any atom is -0.410 e. The van der Waals surface area contributed by atoms with Gasteiger partial charge in [-0.05, 0) is 35.1 Å². The SMILES string of the molecule is C#Cc1c(F)c(F)cc2cc(OC(=O)N(C)C)cc(C(C)C)c12.CC. The van der Waals surface area contributed by atoms with Crippen molar-refractivity contribution in [3.05, 3.63) is 41.0 Å². The summed E-state index contributed by atoms with van der Waals surface area (Å²) in [7, 11) is 3.11. The highest BCUT2D eigenvalue weighted by atomic mass is 19.2. The standard InChI is InChI=1S/C18H17F2NO2.C2H6/c1-6-13-16-11(8-15(19)17(13)20)7-12(9-14(16)10(2)3)23-18(22)21(4)5;1-2/h1,7-10H,2-5H3;1-2H3.